The zero-order chi connectivity index (χ0) is 11.7. The van der Waals surface area contributed by atoms with Crippen molar-refractivity contribution in [1.82, 2.24) is 0 Å². The van der Waals surface area contributed by atoms with E-state index in [9.17, 15) is 4.79 Å². The van der Waals surface area contributed by atoms with E-state index in [0.717, 1.165) is 22.1 Å². The fourth-order valence-electron chi connectivity index (χ4n) is 1.90. The summed E-state index contributed by atoms with van der Waals surface area (Å²) in [6, 6.07) is 4.91. The van der Waals surface area contributed by atoms with Gasteiger partial charge in [0.2, 0.25) is 5.91 Å². The molecule has 1 unspecified atom stereocenters. The first-order valence-corrected chi connectivity index (χ1v) is 5.89. The largest absolute Gasteiger partial charge is 0.394 e. The molecule has 5 heteroatoms. The average molecular weight is 285 g/mol. The van der Waals surface area contributed by atoms with Gasteiger partial charge in [-0.05, 0) is 24.1 Å². The Morgan fingerprint density at radius 1 is 1.62 bits per heavy atom. The molecule has 1 aliphatic heterocycles. The molecule has 0 bridgehead atoms. The number of rotatable bonds is 2. The first kappa shape index (κ1) is 11.6. The lowest BCUT2D eigenvalue weighted by Gasteiger charge is -2.20. The van der Waals surface area contributed by atoms with Crippen molar-refractivity contribution < 1.29 is 9.90 Å². The van der Waals surface area contributed by atoms with Crippen molar-refractivity contribution >= 4 is 27.5 Å². The Hall–Kier alpha value is -0.910. The predicted octanol–water partition coefficient (Wildman–Crippen LogP) is 0.658. The van der Waals surface area contributed by atoms with Crippen molar-refractivity contribution in [1.29, 1.82) is 0 Å². The number of nitrogens with zero attached hydrogens (tertiary/aromatic N) is 1. The fraction of sp³-hybridized carbons (Fsp3) is 0.364. The maximum Gasteiger partial charge on any atom is 0.246 e. The number of benzene rings is 1. The third-order valence-electron chi connectivity index (χ3n) is 2.75. The Labute approximate surface area is 102 Å². The van der Waals surface area contributed by atoms with E-state index in [1.165, 1.54) is 0 Å². The summed E-state index contributed by atoms with van der Waals surface area (Å²) in [5.74, 6) is -0.223. The number of carbonyl (C=O) groups is 1. The molecule has 2 rings (SSSR count). The van der Waals surface area contributed by atoms with Crippen molar-refractivity contribution in [3.8, 4) is 0 Å². The van der Waals surface area contributed by atoms with E-state index in [0.29, 0.717) is 6.54 Å². The molecule has 0 saturated carbocycles. The van der Waals surface area contributed by atoms with E-state index in [1.54, 1.807) is 4.90 Å². The van der Waals surface area contributed by atoms with E-state index < -0.39 is 6.04 Å². The van der Waals surface area contributed by atoms with Crippen LogP contribution in [0.1, 0.15) is 5.56 Å². The SMILES string of the molecule is NC(CO)C(=O)N1CCc2c(Br)cccc21. The number of aliphatic hydroxyl groups is 1. The lowest BCUT2D eigenvalue weighted by atomic mass is 10.2. The highest BCUT2D eigenvalue weighted by Gasteiger charge is 2.28. The Kier molecular flexibility index (Phi) is 3.28. The van der Waals surface area contributed by atoms with Gasteiger partial charge in [0.15, 0.2) is 0 Å². The summed E-state index contributed by atoms with van der Waals surface area (Å²) in [4.78, 5) is 13.5. The molecule has 1 aromatic rings. The van der Waals surface area contributed by atoms with Crippen molar-refractivity contribution in [3.63, 3.8) is 0 Å². The summed E-state index contributed by atoms with van der Waals surface area (Å²) in [5, 5.41) is 8.89. The Morgan fingerprint density at radius 3 is 3.06 bits per heavy atom. The fourth-order valence-corrected chi connectivity index (χ4v) is 2.45. The molecular formula is C11H13BrN2O2. The second-order valence-corrected chi connectivity index (χ2v) is 4.62. The molecule has 4 nitrogen and oxygen atoms in total. The first-order valence-electron chi connectivity index (χ1n) is 5.10. The van der Waals surface area contributed by atoms with Gasteiger partial charge in [0.05, 0.1) is 6.61 Å². The highest BCUT2D eigenvalue weighted by Crippen LogP contribution is 2.33. The molecule has 86 valence electrons. The molecule has 0 aromatic heterocycles. The van der Waals surface area contributed by atoms with Gasteiger partial charge in [-0.1, -0.05) is 22.0 Å². The minimum absolute atomic E-state index is 0.223. The van der Waals surface area contributed by atoms with Gasteiger partial charge in [-0.25, -0.2) is 0 Å². The molecule has 3 N–H and O–H groups in total. The highest BCUT2D eigenvalue weighted by atomic mass is 79.9. The number of halogens is 1. The van der Waals surface area contributed by atoms with Crippen molar-refractivity contribution in [2.24, 2.45) is 5.73 Å². The highest BCUT2D eigenvalue weighted by molar-refractivity contribution is 9.10. The maximum atomic E-state index is 11.9. The number of hydrogen-bond acceptors (Lipinski definition) is 3. The Balaban J connectivity index is 2.30. The molecule has 1 aliphatic rings. The molecule has 0 saturated heterocycles. The van der Waals surface area contributed by atoms with E-state index in [1.807, 2.05) is 18.2 Å². The zero-order valence-electron chi connectivity index (χ0n) is 8.69. The minimum Gasteiger partial charge on any atom is -0.394 e. The second kappa shape index (κ2) is 4.53. The molecule has 0 radical (unpaired) electrons. The van der Waals surface area contributed by atoms with Crippen LogP contribution in [-0.4, -0.2) is 30.2 Å². The van der Waals surface area contributed by atoms with Crippen LogP contribution in [0.2, 0.25) is 0 Å². The molecular weight excluding hydrogens is 272 g/mol. The van der Waals surface area contributed by atoms with Crippen LogP contribution in [0.5, 0.6) is 0 Å². The monoisotopic (exact) mass is 284 g/mol. The maximum absolute atomic E-state index is 11.9. The second-order valence-electron chi connectivity index (χ2n) is 3.77. The molecule has 1 atom stereocenters. The van der Waals surface area contributed by atoms with Crippen LogP contribution in [0.25, 0.3) is 0 Å². The van der Waals surface area contributed by atoms with Gasteiger partial charge in [-0.15, -0.1) is 0 Å². The quantitative estimate of drug-likeness (QED) is 0.838. The van der Waals surface area contributed by atoms with Gasteiger partial charge in [0.1, 0.15) is 6.04 Å². The summed E-state index contributed by atoms with van der Waals surface area (Å²) in [6.07, 6.45) is 0.820. The first-order chi connectivity index (χ1) is 7.65. The average Bonchev–Trinajstić information content (AvgIpc) is 2.72. The van der Waals surface area contributed by atoms with Crippen LogP contribution in [-0.2, 0) is 11.2 Å². The number of amides is 1. The van der Waals surface area contributed by atoms with Crippen molar-refractivity contribution in [2.45, 2.75) is 12.5 Å². The molecule has 1 heterocycles. The van der Waals surface area contributed by atoms with Crippen LogP contribution in [0, 0.1) is 0 Å². The van der Waals surface area contributed by atoms with Crippen molar-refractivity contribution in [2.75, 3.05) is 18.1 Å². The topological polar surface area (TPSA) is 66.6 Å². The van der Waals surface area contributed by atoms with Crippen LogP contribution in [0.4, 0.5) is 5.69 Å². The standard InChI is InChI=1S/C11H13BrN2O2/c12-8-2-1-3-10-7(8)4-5-14(10)11(16)9(13)6-15/h1-3,9,15H,4-6,13H2. The Morgan fingerprint density at radius 2 is 2.38 bits per heavy atom. The predicted molar refractivity (Wildman–Crippen MR) is 65.3 cm³/mol. The normalized spacial score (nSPS) is 16.1. The van der Waals surface area contributed by atoms with Gasteiger partial charge in [0.25, 0.3) is 0 Å². The summed E-state index contributed by atoms with van der Waals surface area (Å²) >= 11 is 3.46. The molecule has 1 amide bonds. The Bertz CT molecular complexity index is 422. The van der Waals surface area contributed by atoms with Crippen LogP contribution in [0.15, 0.2) is 22.7 Å². The number of aliphatic hydroxyl groups excluding tert-OH is 1. The molecule has 0 fully saturated rings. The van der Waals surface area contributed by atoms with Gasteiger partial charge in [-0.2, -0.15) is 0 Å². The third-order valence-corrected chi connectivity index (χ3v) is 3.49. The van der Waals surface area contributed by atoms with Crippen LogP contribution >= 0.6 is 15.9 Å². The van der Waals surface area contributed by atoms with E-state index in [4.69, 9.17) is 10.8 Å². The number of anilines is 1. The minimum atomic E-state index is -0.829. The van der Waals surface area contributed by atoms with Gasteiger partial charge >= 0.3 is 0 Å². The third kappa shape index (κ3) is 1.86. The number of nitrogens with two attached hydrogens (primary N) is 1. The number of fused-ring (bicyclic) bond motifs is 1. The summed E-state index contributed by atoms with van der Waals surface area (Å²) < 4.78 is 1.01. The van der Waals surface area contributed by atoms with Gasteiger partial charge in [0, 0.05) is 16.7 Å². The molecule has 16 heavy (non-hydrogen) atoms. The summed E-state index contributed by atoms with van der Waals surface area (Å²) in [6.45, 7) is 0.309. The van der Waals surface area contributed by atoms with Crippen molar-refractivity contribution in [3.05, 3.63) is 28.2 Å². The lowest BCUT2D eigenvalue weighted by molar-refractivity contribution is -0.120. The molecule has 1 aromatic carbocycles. The number of carbonyl (C=O) groups excluding carboxylic acids is 1. The summed E-state index contributed by atoms with van der Waals surface area (Å²) in [7, 11) is 0. The number of hydrogen-bond donors (Lipinski definition) is 2. The van der Waals surface area contributed by atoms with E-state index >= 15 is 0 Å². The van der Waals surface area contributed by atoms with Crippen LogP contribution < -0.4 is 10.6 Å². The lowest BCUT2D eigenvalue weighted by Crippen LogP contribution is -2.45. The van der Waals surface area contributed by atoms with E-state index in [2.05, 4.69) is 15.9 Å². The van der Waals surface area contributed by atoms with Gasteiger partial charge in [-0.3, -0.25) is 4.79 Å². The van der Waals surface area contributed by atoms with Gasteiger partial charge < -0.3 is 15.7 Å². The molecule has 0 aliphatic carbocycles. The van der Waals surface area contributed by atoms with E-state index in [-0.39, 0.29) is 12.5 Å². The smallest absolute Gasteiger partial charge is 0.246 e. The summed E-state index contributed by atoms with van der Waals surface area (Å²) in [5.41, 5.74) is 7.56. The van der Waals surface area contributed by atoms with Crippen LogP contribution in [0.3, 0.4) is 0 Å². The zero-order valence-corrected chi connectivity index (χ0v) is 10.3. The molecule has 0 spiro atoms.